The lowest BCUT2D eigenvalue weighted by Gasteiger charge is -2.45. The summed E-state index contributed by atoms with van der Waals surface area (Å²) in [5.74, 6) is -3.82. The van der Waals surface area contributed by atoms with E-state index in [0.717, 1.165) is 38.5 Å². The van der Waals surface area contributed by atoms with Crippen LogP contribution in [0.1, 0.15) is 110 Å². The van der Waals surface area contributed by atoms with Gasteiger partial charge in [-0.05, 0) is 25.7 Å². The molecule has 2 heterocycles. The van der Waals surface area contributed by atoms with Gasteiger partial charge in [0.1, 0.15) is 5.70 Å². The lowest BCUT2D eigenvalue weighted by Crippen LogP contribution is -2.64. The number of likely N-dealkylation sites (tertiary alicyclic amines) is 1. The van der Waals surface area contributed by atoms with E-state index in [0.29, 0.717) is 37.0 Å². The number of amides is 6. The van der Waals surface area contributed by atoms with E-state index in [1.165, 1.54) is 0 Å². The Labute approximate surface area is 223 Å². The van der Waals surface area contributed by atoms with Gasteiger partial charge in [0.05, 0.1) is 17.2 Å². The second-order valence-corrected chi connectivity index (χ2v) is 10.5. The van der Waals surface area contributed by atoms with Crippen molar-refractivity contribution >= 4 is 35.4 Å². The second-order valence-electron chi connectivity index (χ2n) is 10.5. The third-order valence-electron chi connectivity index (χ3n) is 7.67. The quantitative estimate of drug-likeness (QED) is 0.187. The van der Waals surface area contributed by atoms with Gasteiger partial charge in [0.15, 0.2) is 0 Å². The van der Waals surface area contributed by atoms with Crippen LogP contribution in [0.25, 0.3) is 0 Å². The average molecular weight is 533 g/mol. The van der Waals surface area contributed by atoms with Crippen molar-refractivity contribution in [3.8, 4) is 0 Å². The molecule has 3 rings (SSSR count). The van der Waals surface area contributed by atoms with E-state index in [1.54, 1.807) is 0 Å². The molecule has 2 fully saturated rings. The molecule has 1 saturated carbocycles. The molecule has 2 atom stereocenters. The van der Waals surface area contributed by atoms with Crippen LogP contribution in [-0.4, -0.2) is 62.2 Å². The van der Waals surface area contributed by atoms with Gasteiger partial charge in [0.25, 0.3) is 5.91 Å². The number of hydrogen-bond donors (Lipinski definition) is 3. The maximum atomic E-state index is 13.1. The molecule has 11 heteroatoms. The van der Waals surface area contributed by atoms with E-state index in [1.807, 2.05) is 13.8 Å². The standard InChI is InChI=1S/C27H40N4O7/c1-3-5-7-12-20(32)28-19-11-9-10-16-27(19,29-21(33)13-8-6-4-2)17-18-24(26(37)31(38)25(18)36)30-22(34)14-15-23(30)35/h19,38H,3-17H2,1-2H3,(H,28,32)(H,29,33). The van der Waals surface area contributed by atoms with Crippen molar-refractivity contribution in [1.29, 1.82) is 0 Å². The number of hydroxylamine groups is 2. The monoisotopic (exact) mass is 532 g/mol. The Morgan fingerprint density at radius 2 is 1.50 bits per heavy atom. The fourth-order valence-electron chi connectivity index (χ4n) is 5.62. The zero-order valence-electron chi connectivity index (χ0n) is 22.5. The molecule has 0 bridgehead atoms. The van der Waals surface area contributed by atoms with E-state index in [-0.39, 0.29) is 48.1 Å². The largest absolute Gasteiger partial charge is 0.351 e. The van der Waals surface area contributed by atoms with Crippen LogP contribution in [0.4, 0.5) is 0 Å². The molecule has 3 N–H and O–H groups in total. The molecule has 1 aliphatic carbocycles. The first kappa shape index (κ1) is 29.5. The number of carbonyl (C=O) groups excluding carboxylic acids is 6. The molecule has 0 spiro atoms. The van der Waals surface area contributed by atoms with Crippen LogP contribution >= 0.6 is 0 Å². The van der Waals surface area contributed by atoms with Gasteiger partial charge in [-0.1, -0.05) is 52.4 Å². The summed E-state index contributed by atoms with van der Waals surface area (Å²) in [4.78, 5) is 77.5. The molecular formula is C27H40N4O7. The highest BCUT2D eigenvalue weighted by atomic mass is 16.5. The van der Waals surface area contributed by atoms with Crippen LogP contribution in [0.3, 0.4) is 0 Å². The van der Waals surface area contributed by atoms with Gasteiger partial charge in [-0.2, -0.15) is 0 Å². The Balaban J connectivity index is 1.99. The highest BCUT2D eigenvalue weighted by Crippen LogP contribution is 2.39. The first-order valence-electron chi connectivity index (χ1n) is 13.9. The number of unbranched alkanes of at least 4 members (excludes halogenated alkanes) is 4. The average Bonchev–Trinajstić information content (AvgIpc) is 3.30. The summed E-state index contributed by atoms with van der Waals surface area (Å²) in [6.45, 7) is 4.08. The Bertz CT molecular complexity index is 991. The highest BCUT2D eigenvalue weighted by molar-refractivity contribution is 6.22. The summed E-state index contributed by atoms with van der Waals surface area (Å²) in [5, 5.41) is 16.3. The van der Waals surface area contributed by atoms with Crippen LogP contribution in [-0.2, 0) is 28.8 Å². The minimum atomic E-state index is -1.14. The van der Waals surface area contributed by atoms with Crippen LogP contribution in [0.2, 0.25) is 0 Å². The summed E-state index contributed by atoms with van der Waals surface area (Å²) in [7, 11) is 0. The molecule has 210 valence electrons. The molecule has 1 saturated heterocycles. The summed E-state index contributed by atoms with van der Waals surface area (Å²) >= 11 is 0. The van der Waals surface area contributed by atoms with Gasteiger partial charge in [-0.3, -0.25) is 34.0 Å². The molecule has 0 aromatic rings. The first-order valence-corrected chi connectivity index (χ1v) is 13.9. The topological polar surface area (TPSA) is 153 Å². The van der Waals surface area contributed by atoms with Gasteiger partial charge in [0.2, 0.25) is 23.6 Å². The lowest BCUT2D eigenvalue weighted by molar-refractivity contribution is -0.171. The predicted octanol–water partition coefficient (Wildman–Crippen LogP) is 2.61. The van der Waals surface area contributed by atoms with Crippen molar-refractivity contribution in [3.63, 3.8) is 0 Å². The van der Waals surface area contributed by atoms with Crippen molar-refractivity contribution in [1.82, 2.24) is 20.6 Å². The number of imide groups is 2. The lowest BCUT2D eigenvalue weighted by atomic mass is 9.72. The Morgan fingerprint density at radius 3 is 2.11 bits per heavy atom. The molecule has 2 unspecified atom stereocenters. The van der Waals surface area contributed by atoms with Crippen molar-refractivity contribution in [2.24, 2.45) is 0 Å². The van der Waals surface area contributed by atoms with Crippen molar-refractivity contribution < 1.29 is 34.0 Å². The van der Waals surface area contributed by atoms with Crippen LogP contribution < -0.4 is 10.6 Å². The highest BCUT2D eigenvalue weighted by Gasteiger charge is 2.51. The molecular weight excluding hydrogens is 492 g/mol. The zero-order chi connectivity index (χ0) is 27.9. The van der Waals surface area contributed by atoms with Crippen LogP contribution in [0, 0.1) is 0 Å². The van der Waals surface area contributed by atoms with Crippen LogP contribution in [0.5, 0.6) is 0 Å². The first-order chi connectivity index (χ1) is 18.1. The number of hydrogen-bond acceptors (Lipinski definition) is 7. The minimum absolute atomic E-state index is 0.0819. The second kappa shape index (κ2) is 13.1. The van der Waals surface area contributed by atoms with E-state index in [4.69, 9.17) is 0 Å². The molecule has 0 aromatic heterocycles. The maximum absolute atomic E-state index is 13.1. The van der Waals surface area contributed by atoms with Crippen LogP contribution in [0.15, 0.2) is 11.3 Å². The molecule has 0 radical (unpaired) electrons. The Hall–Kier alpha value is -3.08. The molecule has 11 nitrogen and oxygen atoms in total. The van der Waals surface area contributed by atoms with E-state index in [2.05, 4.69) is 10.6 Å². The van der Waals surface area contributed by atoms with E-state index >= 15 is 0 Å². The molecule has 38 heavy (non-hydrogen) atoms. The number of nitrogens with zero attached hydrogens (tertiary/aromatic N) is 2. The fourth-order valence-corrected chi connectivity index (χ4v) is 5.62. The third-order valence-corrected chi connectivity index (χ3v) is 7.67. The Kier molecular flexibility index (Phi) is 10.2. The zero-order valence-corrected chi connectivity index (χ0v) is 22.5. The van der Waals surface area contributed by atoms with E-state index < -0.39 is 40.9 Å². The molecule has 0 aromatic carbocycles. The molecule has 3 aliphatic rings. The molecule has 6 amide bonds. The number of rotatable bonds is 13. The van der Waals surface area contributed by atoms with Gasteiger partial charge in [0, 0.05) is 32.1 Å². The third kappa shape index (κ3) is 6.48. The Morgan fingerprint density at radius 1 is 0.895 bits per heavy atom. The number of carbonyl (C=O) groups is 6. The van der Waals surface area contributed by atoms with Crippen molar-refractivity contribution in [2.45, 2.75) is 122 Å². The smallest absolute Gasteiger partial charge is 0.302 e. The van der Waals surface area contributed by atoms with Crippen molar-refractivity contribution in [2.75, 3.05) is 0 Å². The van der Waals surface area contributed by atoms with Crippen molar-refractivity contribution in [3.05, 3.63) is 11.3 Å². The predicted molar refractivity (Wildman–Crippen MR) is 136 cm³/mol. The van der Waals surface area contributed by atoms with E-state index in [9.17, 15) is 34.0 Å². The van der Waals surface area contributed by atoms with Gasteiger partial charge < -0.3 is 10.6 Å². The van der Waals surface area contributed by atoms with Gasteiger partial charge in [-0.15, -0.1) is 5.06 Å². The number of nitrogens with one attached hydrogen (secondary N) is 2. The minimum Gasteiger partial charge on any atom is -0.351 e. The molecule has 2 aliphatic heterocycles. The van der Waals surface area contributed by atoms with Gasteiger partial charge >= 0.3 is 5.91 Å². The normalized spacial score (nSPS) is 24.0. The SMILES string of the molecule is CCCCCC(=O)NC1CCCCC1(CC1=C(N2C(=O)CCC2=O)C(=O)N(O)C1=O)NC(=O)CCCCC. The summed E-state index contributed by atoms with van der Waals surface area (Å²) in [6.07, 6.45) is 7.74. The maximum Gasteiger partial charge on any atom is 0.302 e. The summed E-state index contributed by atoms with van der Waals surface area (Å²) in [6, 6.07) is -0.533. The fraction of sp³-hybridized carbons (Fsp3) is 0.704. The summed E-state index contributed by atoms with van der Waals surface area (Å²) in [5.41, 5.74) is -1.79. The summed E-state index contributed by atoms with van der Waals surface area (Å²) < 4.78 is 0. The van der Waals surface area contributed by atoms with Gasteiger partial charge in [-0.25, -0.2) is 4.90 Å².